The zero-order valence-electron chi connectivity index (χ0n) is 14.6. The molecule has 1 fully saturated rings. The van der Waals surface area contributed by atoms with E-state index < -0.39 is 0 Å². The van der Waals surface area contributed by atoms with Crippen LogP contribution in [0.1, 0.15) is 17.4 Å². The lowest BCUT2D eigenvalue weighted by molar-refractivity contribution is 0.114. The van der Waals surface area contributed by atoms with Crippen molar-refractivity contribution in [2.24, 2.45) is 0 Å². The van der Waals surface area contributed by atoms with Gasteiger partial charge in [0.25, 0.3) is 0 Å². The second-order valence-corrected chi connectivity index (χ2v) is 6.25. The molecule has 1 unspecified atom stereocenters. The van der Waals surface area contributed by atoms with E-state index in [9.17, 15) is 0 Å². The van der Waals surface area contributed by atoms with E-state index in [1.54, 1.807) is 7.11 Å². The first-order valence-corrected chi connectivity index (χ1v) is 8.52. The number of para-hydroxylation sites is 1. The first-order valence-electron chi connectivity index (χ1n) is 8.52. The number of methoxy groups -OCH3 is 1. The Balaban J connectivity index is 1.61. The third kappa shape index (κ3) is 3.01. The van der Waals surface area contributed by atoms with E-state index in [1.807, 2.05) is 12.1 Å². The largest absolute Gasteiger partial charge is 0.497 e. The van der Waals surface area contributed by atoms with Crippen LogP contribution in [0.3, 0.4) is 0 Å². The molecule has 128 valence electrons. The summed E-state index contributed by atoms with van der Waals surface area (Å²) in [7, 11) is 1.69. The minimum absolute atomic E-state index is 0.0568. The van der Waals surface area contributed by atoms with Gasteiger partial charge in [0.2, 0.25) is 0 Å². The van der Waals surface area contributed by atoms with Crippen LogP contribution in [0.2, 0.25) is 0 Å². The number of ether oxygens (including phenoxy) is 2. The molecule has 0 amide bonds. The highest BCUT2D eigenvalue weighted by Crippen LogP contribution is 2.33. The van der Waals surface area contributed by atoms with Crippen molar-refractivity contribution < 1.29 is 9.47 Å². The molecule has 1 aliphatic heterocycles. The van der Waals surface area contributed by atoms with Gasteiger partial charge in [-0.25, -0.2) is 0 Å². The topological polar surface area (TPSA) is 26.6 Å². The molecule has 4 heteroatoms. The molecule has 2 aromatic carbocycles. The molecule has 0 N–H and O–H groups in total. The van der Waals surface area contributed by atoms with Gasteiger partial charge in [-0.05, 0) is 48.9 Å². The van der Waals surface area contributed by atoms with E-state index in [4.69, 9.17) is 9.47 Å². The molecular formula is C21H22N2O2. The van der Waals surface area contributed by atoms with Gasteiger partial charge in [0.1, 0.15) is 5.75 Å². The highest BCUT2D eigenvalue weighted by Gasteiger charge is 2.28. The third-order valence-electron chi connectivity index (χ3n) is 4.69. The second kappa shape index (κ2) is 6.65. The van der Waals surface area contributed by atoms with Crippen molar-refractivity contribution in [3.63, 3.8) is 0 Å². The summed E-state index contributed by atoms with van der Waals surface area (Å²) in [5.41, 5.74) is 4.76. The fourth-order valence-corrected chi connectivity index (χ4v) is 3.35. The molecule has 0 saturated carbocycles. The van der Waals surface area contributed by atoms with E-state index in [-0.39, 0.29) is 6.23 Å². The van der Waals surface area contributed by atoms with Gasteiger partial charge in [-0.1, -0.05) is 18.2 Å². The van der Waals surface area contributed by atoms with E-state index in [1.165, 1.54) is 11.3 Å². The normalized spacial score (nSPS) is 17.0. The van der Waals surface area contributed by atoms with Gasteiger partial charge in [-0.15, -0.1) is 0 Å². The van der Waals surface area contributed by atoms with Gasteiger partial charge in [0.15, 0.2) is 6.23 Å². The predicted octanol–water partition coefficient (Wildman–Crippen LogP) is 4.33. The van der Waals surface area contributed by atoms with Crippen molar-refractivity contribution in [2.75, 3.05) is 25.2 Å². The van der Waals surface area contributed by atoms with E-state index in [0.29, 0.717) is 0 Å². The van der Waals surface area contributed by atoms with Gasteiger partial charge in [-0.2, -0.15) is 0 Å². The number of aryl methyl sites for hydroxylation is 1. The summed E-state index contributed by atoms with van der Waals surface area (Å²) < 4.78 is 13.4. The zero-order chi connectivity index (χ0) is 17.2. The van der Waals surface area contributed by atoms with Crippen LogP contribution in [0, 0.1) is 6.92 Å². The lowest BCUT2D eigenvalue weighted by Gasteiger charge is -2.24. The van der Waals surface area contributed by atoms with Crippen molar-refractivity contribution in [3.8, 4) is 11.4 Å². The summed E-state index contributed by atoms with van der Waals surface area (Å²) in [6, 6.07) is 18.7. The molecule has 4 nitrogen and oxygen atoms in total. The Morgan fingerprint density at radius 1 is 1.04 bits per heavy atom. The Kier molecular flexibility index (Phi) is 4.20. The van der Waals surface area contributed by atoms with Crippen molar-refractivity contribution in [1.29, 1.82) is 0 Å². The van der Waals surface area contributed by atoms with E-state index in [0.717, 1.165) is 30.2 Å². The number of anilines is 1. The molecule has 1 atom stereocenters. The number of hydrogen-bond donors (Lipinski definition) is 0. The van der Waals surface area contributed by atoms with Gasteiger partial charge < -0.3 is 18.9 Å². The highest BCUT2D eigenvalue weighted by molar-refractivity contribution is 5.51. The first kappa shape index (κ1) is 15.8. The molecule has 0 spiro atoms. The Labute approximate surface area is 148 Å². The van der Waals surface area contributed by atoms with Crippen molar-refractivity contribution in [3.05, 3.63) is 78.1 Å². The Bertz CT molecular complexity index is 854. The SMILES string of the molecule is COc1ccc(N2CCOC2c2ccn(-c3ccccc3C)c2)cc1. The minimum Gasteiger partial charge on any atom is -0.497 e. The van der Waals surface area contributed by atoms with Crippen LogP contribution in [-0.4, -0.2) is 24.8 Å². The molecule has 1 aromatic heterocycles. The van der Waals surface area contributed by atoms with Crippen LogP contribution in [-0.2, 0) is 4.74 Å². The summed E-state index contributed by atoms with van der Waals surface area (Å²) >= 11 is 0. The molecular weight excluding hydrogens is 312 g/mol. The average Bonchev–Trinajstić information content (AvgIpc) is 3.31. The van der Waals surface area contributed by atoms with Gasteiger partial charge in [0, 0.05) is 35.9 Å². The summed E-state index contributed by atoms with van der Waals surface area (Å²) in [6.07, 6.45) is 4.21. The highest BCUT2D eigenvalue weighted by atomic mass is 16.5. The quantitative estimate of drug-likeness (QED) is 0.710. The number of benzene rings is 2. The molecule has 0 radical (unpaired) electrons. The monoisotopic (exact) mass is 334 g/mol. The molecule has 0 bridgehead atoms. The van der Waals surface area contributed by atoms with Crippen LogP contribution in [0.15, 0.2) is 67.0 Å². The second-order valence-electron chi connectivity index (χ2n) is 6.25. The van der Waals surface area contributed by atoms with Crippen LogP contribution in [0.4, 0.5) is 5.69 Å². The van der Waals surface area contributed by atoms with Crippen LogP contribution in [0.25, 0.3) is 5.69 Å². The number of rotatable bonds is 4. The number of nitrogens with zero attached hydrogens (tertiary/aromatic N) is 2. The van der Waals surface area contributed by atoms with Gasteiger partial charge in [-0.3, -0.25) is 0 Å². The maximum atomic E-state index is 6.02. The molecule has 2 heterocycles. The minimum atomic E-state index is -0.0568. The Hall–Kier alpha value is -2.72. The standard InChI is InChI=1S/C21H22N2O2/c1-16-5-3-4-6-20(16)22-12-11-17(15-22)21-23(13-14-25-21)18-7-9-19(24-2)10-8-18/h3-12,15,21H,13-14H2,1-2H3. The first-order chi connectivity index (χ1) is 12.3. The maximum Gasteiger partial charge on any atom is 0.158 e. The summed E-state index contributed by atoms with van der Waals surface area (Å²) in [5.74, 6) is 0.867. The van der Waals surface area contributed by atoms with Gasteiger partial charge in [0.05, 0.1) is 13.7 Å². The smallest absolute Gasteiger partial charge is 0.158 e. The van der Waals surface area contributed by atoms with Gasteiger partial charge >= 0.3 is 0 Å². The molecule has 1 aliphatic rings. The average molecular weight is 334 g/mol. The lowest BCUT2D eigenvalue weighted by atomic mass is 10.2. The fraction of sp³-hybridized carbons (Fsp3) is 0.238. The number of hydrogen-bond acceptors (Lipinski definition) is 3. The van der Waals surface area contributed by atoms with E-state index >= 15 is 0 Å². The van der Waals surface area contributed by atoms with Crippen LogP contribution in [0.5, 0.6) is 5.75 Å². The third-order valence-corrected chi connectivity index (χ3v) is 4.69. The van der Waals surface area contributed by atoms with Crippen molar-refractivity contribution >= 4 is 5.69 Å². The van der Waals surface area contributed by atoms with E-state index in [2.05, 4.69) is 71.2 Å². The number of aromatic nitrogens is 1. The Morgan fingerprint density at radius 3 is 2.60 bits per heavy atom. The molecule has 25 heavy (non-hydrogen) atoms. The molecule has 0 aliphatic carbocycles. The summed E-state index contributed by atoms with van der Waals surface area (Å²) in [6.45, 7) is 3.74. The van der Waals surface area contributed by atoms with Crippen molar-refractivity contribution in [2.45, 2.75) is 13.2 Å². The molecule has 3 aromatic rings. The maximum absolute atomic E-state index is 6.02. The van der Waals surface area contributed by atoms with Crippen molar-refractivity contribution in [1.82, 2.24) is 4.57 Å². The molecule has 4 rings (SSSR count). The Morgan fingerprint density at radius 2 is 1.84 bits per heavy atom. The van der Waals surface area contributed by atoms with Crippen LogP contribution >= 0.6 is 0 Å². The lowest BCUT2D eigenvalue weighted by Crippen LogP contribution is -2.22. The molecule has 1 saturated heterocycles. The summed E-state index contributed by atoms with van der Waals surface area (Å²) in [4.78, 5) is 2.29. The fourth-order valence-electron chi connectivity index (χ4n) is 3.35. The van der Waals surface area contributed by atoms with Crippen LogP contribution < -0.4 is 9.64 Å². The predicted molar refractivity (Wildman–Crippen MR) is 99.5 cm³/mol. The zero-order valence-corrected chi connectivity index (χ0v) is 14.6. The summed E-state index contributed by atoms with van der Waals surface area (Å²) in [5, 5.41) is 0.